The molecule has 0 fully saturated rings. The zero-order chi connectivity index (χ0) is 16.1. The summed E-state index contributed by atoms with van der Waals surface area (Å²) in [6, 6.07) is 6.10. The first-order chi connectivity index (χ1) is 10.5. The fraction of sp³-hybridized carbons (Fsp3) is 0.333. The van der Waals surface area contributed by atoms with Crippen LogP contribution in [0.25, 0.3) is 0 Å². The predicted octanol–water partition coefficient (Wildman–Crippen LogP) is 1.21. The van der Waals surface area contributed by atoms with Crippen molar-refractivity contribution in [2.75, 3.05) is 0 Å². The van der Waals surface area contributed by atoms with Crippen LogP contribution in [-0.4, -0.2) is 25.8 Å². The van der Waals surface area contributed by atoms with Crippen LogP contribution < -0.4 is 5.56 Å². The highest BCUT2D eigenvalue weighted by Crippen LogP contribution is 2.07. The van der Waals surface area contributed by atoms with Crippen LogP contribution in [0, 0.1) is 5.82 Å². The fourth-order valence-electron chi connectivity index (χ4n) is 2.10. The summed E-state index contributed by atoms with van der Waals surface area (Å²) in [5.41, 5.74) is 0.532. The first-order valence-electron chi connectivity index (χ1n) is 6.92. The number of halogens is 1. The van der Waals surface area contributed by atoms with Crippen molar-refractivity contribution < 1.29 is 14.3 Å². The second-order valence-corrected chi connectivity index (χ2v) is 4.81. The SMILES string of the molecule is CCc1nn(CC(=O)O)c(CCc2cccc(F)c2)nc1=O. The molecule has 1 aromatic carbocycles. The number of carboxylic acids is 1. The highest BCUT2D eigenvalue weighted by molar-refractivity contribution is 5.66. The Balaban J connectivity index is 2.26. The van der Waals surface area contributed by atoms with Gasteiger partial charge in [-0.1, -0.05) is 19.1 Å². The topological polar surface area (TPSA) is 85.1 Å². The number of rotatable bonds is 6. The molecule has 0 unspecified atom stereocenters. The van der Waals surface area contributed by atoms with Crippen LogP contribution in [0.5, 0.6) is 0 Å². The maximum absolute atomic E-state index is 13.1. The number of hydrogen-bond donors (Lipinski definition) is 1. The van der Waals surface area contributed by atoms with Crippen LogP contribution in [-0.2, 0) is 30.6 Å². The summed E-state index contributed by atoms with van der Waals surface area (Å²) in [7, 11) is 0. The molecule has 0 radical (unpaired) electrons. The number of carbonyl (C=O) groups is 1. The third-order valence-corrected chi connectivity index (χ3v) is 3.16. The lowest BCUT2D eigenvalue weighted by atomic mass is 10.1. The molecular weight excluding hydrogens is 289 g/mol. The van der Waals surface area contributed by atoms with E-state index in [1.54, 1.807) is 19.1 Å². The molecule has 0 aliphatic heterocycles. The van der Waals surface area contributed by atoms with Gasteiger partial charge >= 0.3 is 5.97 Å². The van der Waals surface area contributed by atoms with E-state index in [1.807, 2.05) is 0 Å². The van der Waals surface area contributed by atoms with E-state index in [0.29, 0.717) is 19.3 Å². The van der Waals surface area contributed by atoms with Gasteiger partial charge in [-0.3, -0.25) is 9.59 Å². The van der Waals surface area contributed by atoms with Crippen molar-refractivity contribution >= 4 is 5.97 Å². The number of nitrogens with zero attached hydrogens (tertiary/aromatic N) is 3. The number of benzene rings is 1. The van der Waals surface area contributed by atoms with Crippen LogP contribution >= 0.6 is 0 Å². The molecule has 116 valence electrons. The van der Waals surface area contributed by atoms with Crippen molar-refractivity contribution in [2.45, 2.75) is 32.7 Å². The molecule has 2 rings (SSSR count). The van der Waals surface area contributed by atoms with Gasteiger partial charge in [0.2, 0.25) is 0 Å². The smallest absolute Gasteiger partial charge is 0.325 e. The van der Waals surface area contributed by atoms with Crippen LogP contribution in [0.3, 0.4) is 0 Å². The summed E-state index contributed by atoms with van der Waals surface area (Å²) >= 11 is 0. The van der Waals surface area contributed by atoms with Crippen LogP contribution in [0.1, 0.15) is 24.0 Å². The van der Waals surface area contributed by atoms with E-state index in [1.165, 1.54) is 16.8 Å². The standard InChI is InChI=1S/C15H16FN3O3/c1-2-12-15(22)17-13(19(18-12)9-14(20)21)7-6-10-4-3-5-11(16)8-10/h3-5,8H,2,6-7,9H2,1H3,(H,20,21). The van der Waals surface area contributed by atoms with Crippen molar-refractivity contribution in [1.82, 2.24) is 14.8 Å². The summed E-state index contributed by atoms with van der Waals surface area (Å²) in [6.07, 6.45) is 1.13. The highest BCUT2D eigenvalue weighted by atomic mass is 19.1. The number of aliphatic carboxylic acids is 1. The lowest BCUT2D eigenvalue weighted by Gasteiger charge is -2.10. The summed E-state index contributed by atoms with van der Waals surface area (Å²) in [6.45, 7) is 1.39. The first kappa shape index (κ1) is 15.8. The minimum atomic E-state index is -1.06. The Bertz CT molecular complexity index is 743. The van der Waals surface area contributed by atoms with Gasteiger partial charge in [-0.05, 0) is 30.5 Å². The number of aromatic nitrogens is 3. The monoisotopic (exact) mass is 305 g/mol. The van der Waals surface area contributed by atoms with Crippen molar-refractivity contribution in [3.63, 3.8) is 0 Å². The predicted molar refractivity (Wildman–Crippen MR) is 77.1 cm³/mol. The molecule has 22 heavy (non-hydrogen) atoms. The van der Waals surface area contributed by atoms with Gasteiger partial charge < -0.3 is 5.11 Å². The van der Waals surface area contributed by atoms with E-state index in [9.17, 15) is 14.0 Å². The summed E-state index contributed by atoms with van der Waals surface area (Å²) < 4.78 is 14.4. The maximum atomic E-state index is 13.1. The Kier molecular flexibility index (Phi) is 4.98. The quantitative estimate of drug-likeness (QED) is 0.867. The fourth-order valence-corrected chi connectivity index (χ4v) is 2.10. The van der Waals surface area contributed by atoms with Crippen LogP contribution in [0.4, 0.5) is 4.39 Å². The molecule has 7 heteroatoms. The molecule has 0 aliphatic rings. The molecule has 0 aliphatic carbocycles. The molecule has 0 atom stereocenters. The van der Waals surface area contributed by atoms with Crippen molar-refractivity contribution in [2.24, 2.45) is 0 Å². The average molecular weight is 305 g/mol. The molecule has 0 amide bonds. The zero-order valence-electron chi connectivity index (χ0n) is 12.1. The van der Waals surface area contributed by atoms with Crippen LogP contribution in [0.2, 0.25) is 0 Å². The largest absolute Gasteiger partial charge is 0.480 e. The molecule has 0 spiro atoms. The van der Waals surface area contributed by atoms with Gasteiger partial charge in [0.15, 0.2) is 0 Å². The molecule has 1 aromatic heterocycles. The Morgan fingerprint density at radius 3 is 2.77 bits per heavy atom. The molecule has 0 saturated carbocycles. The second kappa shape index (κ2) is 6.93. The van der Waals surface area contributed by atoms with Gasteiger partial charge in [-0.15, -0.1) is 0 Å². The van der Waals surface area contributed by atoms with Crippen LogP contribution in [0.15, 0.2) is 29.1 Å². The van der Waals surface area contributed by atoms with E-state index >= 15 is 0 Å². The summed E-state index contributed by atoms with van der Waals surface area (Å²) in [5.74, 6) is -1.12. The van der Waals surface area contributed by atoms with E-state index in [4.69, 9.17) is 5.11 Å². The first-order valence-corrected chi connectivity index (χ1v) is 6.92. The van der Waals surface area contributed by atoms with E-state index in [0.717, 1.165) is 5.56 Å². The lowest BCUT2D eigenvalue weighted by molar-refractivity contribution is -0.138. The third-order valence-electron chi connectivity index (χ3n) is 3.16. The summed E-state index contributed by atoms with van der Waals surface area (Å²) in [4.78, 5) is 26.6. The Morgan fingerprint density at radius 2 is 2.14 bits per heavy atom. The minimum Gasteiger partial charge on any atom is -0.480 e. The van der Waals surface area contributed by atoms with Gasteiger partial charge in [-0.2, -0.15) is 10.1 Å². The van der Waals surface area contributed by atoms with Gasteiger partial charge in [-0.25, -0.2) is 9.07 Å². The summed E-state index contributed by atoms with van der Waals surface area (Å²) in [5, 5.41) is 13.0. The number of hydrogen-bond acceptors (Lipinski definition) is 4. The van der Waals surface area contributed by atoms with Gasteiger partial charge in [0.25, 0.3) is 5.56 Å². The molecule has 6 nitrogen and oxygen atoms in total. The average Bonchev–Trinajstić information content (AvgIpc) is 2.46. The zero-order valence-corrected chi connectivity index (χ0v) is 12.1. The molecule has 0 saturated heterocycles. The maximum Gasteiger partial charge on any atom is 0.325 e. The highest BCUT2D eigenvalue weighted by Gasteiger charge is 2.12. The Labute approximate surface area is 126 Å². The van der Waals surface area contributed by atoms with Gasteiger partial charge in [0.1, 0.15) is 23.9 Å². The van der Waals surface area contributed by atoms with Gasteiger partial charge in [0.05, 0.1) is 0 Å². The number of carboxylic acid groups (broad SMARTS) is 1. The molecule has 0 bridgehead atoms. The normalized spacial score (nSPS) is 10.6. The lowest BCUT2D eigenvalue weighted by Crippen LogP contribution is -2.27. The van der Waals surface area contributed by atoms with Crippen molar-refractivity contribution in [3.8, 4) is 0 Å². The third kappa shape index (κ3) is 3.97. The molecule has 1 heterocycles. The van der Waals surface area contributed by atoms with E-state index < -0.39 is 11.5 Å². The Hall–Kier alpha value is -2.57. The van der Waals surface area contributed by atoms with Gasteiger partial charge in [0, 0.05) is 6.42 Å². The minimum absolute atomic E-state index is 0.232. The number of aryl methyl sites for hydroxylation is 3. The van der Waals surface area contributed by atoms with Crippen molar-refractivity contribution in [3.05, 3.63) is 57.5 Å². The second-order valence-electron chi connectivity index (χ2n) is 4.81. The molecular formula is C15H16FN3O3. The Morgan fingerprint density at radius 1 is 1.36 bits per heavy atom. The van der Waals surface area contributed by atoms with E-state index in [2.05, 4.69) is 10.1 Å². The molecule has 2 aromatic rings. The van der Waals surface area contributed by atoms with Crippen molar-refractivity contribution in [1.29, 1.82) is 0 Å². The molecule has 1 N–H and O–H groups in total. The van der Waals surface area contributed by atoms with E-state index in [-0.39, 0.29) is 23.9 Å².